The Labute approximate surface area is 159 Å². The molecule has 1 aromatic carbocycles. The number of hydrogen-bond donors (Lipinski definition) is 1. The molecule has 1 aromatic heterocycles. The third kappa shape index (κ3) is 3.44. The fourth-order valence-corrected chi connectivity index (χ4v) is 4.32. The summed E-state index contributed by atoms with van der Waals surface area (Å²) >= 11 is 0. The Bertz CT molecular complexity index is 864. The van der Waals surface area contributed by atoms with Gasteiger partial charge in [0, 0.05) is 37.2 Å². The Morgan fingerprint density at radius 3 is 2.81 bits per heavy atom. The molecular formula is C21H24N4O2. The van der Waals surface area contributed by atoms with Crippen LogP contribution in [0, 0.1) is 0 Å². The van der Waals surface area contributed by atoms with Gasteiger partial charge >= 0.3 is 0 Å². The summed E-state index contributed by atoms with van der Waals surface area (Å²) in [5, 5.41) is 2.62. The van der Waals surface area contributed by atoms with E-state index < -0.39 is 0 Å². The number of rotatable bonds is 3. The van der Waals surface area contributed by atoms with Crippen molar-refractivity contribution in [2.24, 2.45) is 0 Å². The quantitative estimate of drug-likeness (QED) is 0.905. The summed E-state index contributed by atoms with van der Waals surface area (Å²) in [6, 6.07) is 10.0. The normalized spacial score (nSPS) is 21.1. The number of carbonyl (C=O) groups excluding carboxylic acids is 2. The Morgan fingerprint density at radius 1 is 1.22 bits per heavy atom. The standard InChI is InChI=1S/C21H24N4O2/c1-15(26)22-13-18(27)25-11-5-9-21(14-25)10-8-17-12-23-20(24-19(17)21)16-6-3-2-4-7-16/h2-4,6-7,12H,5,8-11,13-14H2,1H3,(H,22,26). The van der Waals surface area contributed by atoms with Crippen molar-refractivity contribution in [3.8, 4) is 11.4 Å². The third-order valence-electron chi connectivity index (χ3n) is 5.69. The first-order valence-electron chi connectivity index (χ1n) is 9.51. The van der Waals surface area contributed by atoms with Gasteiger partial charge in [0.2, 0.25) is 11.8 Å². The minimum absolute atomic E-state index is 0.0185. The van der Waals surface area contributed by atoms with E-state index in [2.05, 4.69) is 10.3 Å². The molecule has 0 saturated carbocycles. The first-order chi connectivity index (χ1) is 13.1. The van der Waals surface area contributed by atoms with E-state index in [0.717, 1.165) is 49.3 Å². The van der Waals surface area contributed by atoms with Crippen molar-refractivity contribution in [2.75, 3.05) is 19.6 Å². The van der Waals surface area contributed by atoms with E-state index in [9.17, 15) is 9.59 Å². The predicted octanol–water partition coefficient (Wildman–Crippen LogP) is 2.09. The number of carbonyl (C=O) groups is 2. The lowest BCUT2D eigenvalue weighted by Crippen LogP contribution is -2.50. The summed E-state index contributed by atoms with van der Waals surface area (Å²) in [5.74, 6) is 0.550. The van der Waals surface area contributed by atoms with E-state index in [1.54, 1.807) is 0 Å². The number of benzene rings is 1. The molecule has 0 radical (unpaired) electrons. The number of nitrogens with one attached hydrogen (secondary N) is 1. The lowest BCUT2D eigenvalue weighted by Gasteiger charge is -2.40. The lowest BCUT2D eigenvalue weighted by molar-refractivity contribution is -0.134. The van der Waals surface area contributed by atoms with Crippen molar-refractivity contribution in [1.82, 2.24) is 20.2 Å². The Hall–Kier alpha value is -2.76. The highest BCUT2D eigenvalue weighted by atomic mass is 16.2. The van der Waals surface area contributed by atoms with Crippen molar-refractivity contribution in [2.45, 2.75) is 38.0 Å². The number of aryl methyl sites for hydroxylation is 1. The molecule has 2 aromatic rings. The van der Waals surface area contributed by atoms with Crippen molar-refractivity contribution in [3.63, 3.8) is 0 Å². The van der Waals surface area contributed by atoms with Gasteiger partial charge in [-0.25, -0.2) is 9.97 Å². The SMILES string of the molecule is CC(=O)NCC(=O)N1CCCC2(CCc3cnc(-c4ccccc4)nc32)C1. The van der Waals surface area contributed by atoms with Crippen LogP contribution in [0.4, 0.5) is 0 Å². The second kappa shape index (κ2) is 7.10. The van der Waals surface area contributed by atoms with Crippen LogP contribution in [0.5, 0.6) is 0 Å². The topological polar surface area (TPSA) is 75.2 Å². The molecule has 2 heterocycles. The first-order valence-corrected chi connectivity index (χ1v) is 9.51. The lowest BCUT2D eigenvalue weighted by atomic mass is 9.77. The molecule has 1 unspecified atom stereocenters. The number of likely N-dealkylation sites (tertiary alicyclic amines) is 1. The smallest absolute Gasteiger partial charge is 0.241 e. The molecular weight excluding hydrogens is 340 g/mol. The van der Waals surface area contributed by atoms with Gasteiger partial charge in [-0.2, -0.15) is 0 Å². The molecule has 6 heteroatoms. The van der Waals surface area contributed by atoms with Gasteiger partial charge < -0.3 is 10.2 Å². The average molecular weight is 364 g/mol. The van der Waals surface area contributed by atoms with Crippen LogP contribution < -0.4 is 5.32 Å². The summed E-state index contributed by atoms with van der Waals surface area (Å²) in [7, 11) is 0. The molecule has 1 N–H and O–H groups in total. The molecule has 4 rings (SSSR count). The molecule has 27 heavy (non-hydrogen) atoms. The minimum atomic E-state index is -0.179. The van der Waals surface area contributed by atoms with Gasteiger partial charge in [0.1, 0.15) is 0 Å². The Kier molecular flexibility index (Phi) is 4.64. The van der Waals surface area contributed by atoms with Crippen LogP contribution in [0.1, 0.15) is 37.4 Å². The number of nitrogens with zero attached hydrogens (tertiary/aromatic N) is 3. The molecule has 1 aliphatic heterocycles. The summed E-state index contributed by atoms with van der Waals surface area (Å²) in [6.45, 7) is 2.91. The van der Waals surface area contributed by atoms with Gasteiger partial charge in [-0.05, 0) is 31.2 Å². The maximum atomic E-state index is 12.5. The fourth-order valence-electron chi connectivity index (χ4n) is 4.32. The largest absolute Gasteiger partial charge is 0.347 e. The highest BCUT2D eigenvalue weighted by Gasteiger charge is 2.44. The van der Waals surface area contributed by atoms with Crippen LogP contribution in [0.25, 0.3) is 11.4 Å². The number of piperidine rings is 1. The summed E-state index contributed by atoms with van der Waals surface area (Å²) in [4.78, 5) is 35.0. The van der Waals surface area contributed by atoms with Crippen molar-refractivity contribution < 1.29 is 9.59 Å². The van der Waals surface area contributed by atoms with Crippen LogP contribution in [-0.4, -0.2) is 46.3 Å². The maximum absolute atomic E-state index is 12.5. The Balaban J connectivity index is 1.60. The molecule has 1 aliphatic carbocycles. The van der Waals surface area contributed by atoms with E-state index in [0.29, 0.717) is 6.54 Å². The summed E-state index contributed by atoms with van der Waals surface area (Å²) in [5.41, 5.74) is 3.22. The molecule has 1 fully saturated rings. The van der Waals surface area contributed by atoms with Gasteiger partial charge in [0.15, 0.2) is 5.82 Å². The highest BCUT2D eigenvalue weighted by molar-refractivity contribution is 5.83. The predicted molar refractivity (Wildman–Crippen MR) is 102 cm³/mol. The van der Waals surface area contributed by atoms with Gasteiger partial charge in [-0.15, -0.1) is 0 Å². The van der Waals surface area contributed by atoms with Crippen molar-refractivity contribution in [3.05, 3.63) is 47.8 Å². The molecule has 1 spiro atoms. The highest BCUT2D eigenvalue weighted by Crippen LogP contribution is 2.44. The molecule has 140 valence electrons. The van der Waals surface area contributed by atoms with E-state index in [-0.39, 0.29) is 23.8 Å². The molecule has 2 amide bonds. The molecule has 1 saturated heterocycles. The van der Waals surface area contributed by atoms with Crippen LogP contribution in [-0.2, 0) is 21.4 Å². The van der Waals surface area contributed by atoms with Crippen LogP contribution in [0.3, 0.4) is 0 Å². The zero-order valence-corrected chi connectivity index (χ0v) is 15.6. The number of aromatic nitrogens is 2. The zero-order valence-electron chi connectivity index (χ0n) is 15.6. The third-order valence-corrected chi connectivity index (χ3v) is 5.69. The van der Waals surface area contributed by atoms with Gasteiger partial charge in [0.05, 0.1) is 12.2 Å². The van der Waals surface area contributed by atoms with E-state index in [1.165, 1.54) is 12.5 Å². The molecule has 6 nitrogen and oxygen atoms in total. The van der Waals surface area contributed by atoms with Crippen LogP contribution in [0.2, 0.25) is 0 Å². The van der Waals surface area contributed by atoms with E-state index in [1.807, 2.05) is 41.4 Å². The second-order valence-electron chi connectivity index (χ2n) is 7.54. The van der Waals surface area contributed by atoms with Crippen LogP contribution >= 0.6 is 0 Å². The monoisotopic (exact) mass is 364 g/mol. The van der Waals surface area contributed by atoms with Gasteiger partial charge in [-0.1, -0.05) is 30.3 Å². The van der Waals surface area contributed by atoms with Gasteiger partial charge in [-0.3, -0.25) is 9.59 Å². The fraction of sp³-hybridized carbons (Fsp3) is 0.429. The maximum Gasteiger partial charge on any atom is 0.241 e. The van der Waals surface area contributed by atoms with Gasteiger partial charge in [0.25, 0.3) is 0 Å². The molecule has 2 aliphatic rings. The zero-order chi connectivity index (χ0) is 18.9. The summed E-state index contributed by atoms with van der Waals surface area (Å²) in [6.07, 6.45) is 5.90. The van der Waals surface area contributed by atoms with Crippen LogP contribution in [0.15, 0.2) is 36.5 Å². The number of hydrogen-bond acceptors (Lipinski definition) is 4. The Morgan fingerprint density at radius 2 is 2.04 bits per heavy atom. The minimum Gasteiger partial charge on any atom is -0.347 e. The first kappa shape index (κ1) is 17.6. The van der Waals surface area contributed by atoms with Crippen molar-refractivity contribution >= 4 is 11.8 Å². The number of fused-ring (bicyclic) bond motifs is 2. The molecule has 0 bridgehead atoms. The molecule has 1 atom stereocenters. The number of amides is 2. The summed E-state index contributed by atoms with van der Waals surface area (Å²) < 4.78 is 0. The van der Waals surface area contributed by atoms with E-state index >= 15 is 0 Å². The van der Waals surface area contributed by atoms with E-state index in [4.69, 9.17) is 4.98 Å². The van der Waals surface area contributed by atoms with Crippen molar-refractivity contribution in [1.29, 1.82) is 0 Å². The second-order valence-corrected chi connectivity index (χ2v) is 7.54. The average Bonchev–Trinajstić information content (AvgIpc) is 3.04.